The Hall–Kier alpha value is -1.69. The molecular weight excluding hydrogens is 302 g/mol. The number of alkyl halides is 2. The van der Waals surface area contributed by atoms with Crippen LogP contribution in [-0.2, 0) is 0 Å². The molecule has 2 rings (SSSR count). The lowest BCUT2D eigenvalue weighted by atomic mass is 10.1. The van der Waals surface area contributed by atoms with Crippen LogP contribution in [0.2, 0.25) is 0 Å². The van der Waals surface area contributed by atoms with Gasteiger partial charge in [-0.15, -0.1) is 0 Å². The predicted molar refractivity (Wildman–Crippen MR) is 76.7 cm³/mol. The van der Waals surface area contributed by atoms with Crippen molar-refractivity contribution >= 4 is 17.4 Å². The van der Waals surface area contributed by atoms with Gasteiger partial charge in [0.25, 0.3) is 5.76 Å². The van der Waals surface area contributed by atoms with E-state index in [9.17, 15) is 17.6 Å². The van der Waals surface area contributed by atoms with Gasteiger partial charge >= 0.3 is 0 Å². The molecule has 0 aliphatic heterocycles. The third-order valence-corrected chi connectivity index (χ3v) is 3.62. The van der Waals surface area contributed by atoms with Crippen LogP contribution in [0, 0.1) is 11.6 Å². The molecule has 6 heteroatoms. The summed E-state index contributed by atoms with van der Waals surface area (Å²) in [6.45, 7) is 1.63. The fourth-order valence-electron chi connectivity index (χ4n) is 1.98. The molecule has 1 atom stereocenters. The molecule has 0 aromatic heterocycles. The Labute approximate surface area is 124 Å². The van der Waals surface area contributed by atoms with Crippen molar-refractivity contribution in [1.29, 1.82) is 0 Å². The van der Waals surface area contributed by atoms with Crippen molar-refractivity contribution in [3.63, 3.8) is 0 Å². The van der Waals surface area contributed by atoms with Crippen LogP contribution in [0.25, 0.3) is 0 Å². The van der Waals surface area contributed by atoms with Gasteiger partial charge in [0.2, 0.25) is 0 Å². The van der Waals surface area contributed by atoms with Gasteiger partial charge in [0.05, 0.1) is 6.04 Å². The molecule has 0 heterocycles. The Morgan fingerprint density at radius 1 is 0.952 bits per heavy atom. The summed E-state index contributed by atoms with van der Waals surface area (Å²) in [7, 11) is 0. The quantitative estimate of drug-likeness (QED) is 0.581. The second-order valence-corrected chi connectivity index (χ2v) is 5.47. The summed E-state index contributed by atoms with van der Waals surface area (Å²) in [5.41, 5.74) is 0.548. The Morgan fingerprint density at radius 2 is 1.52 bits per heavy atom. The molecule has 0 saturated carbocycles. The van der Waals surface area contributed by atoms with Crippen LogP contribution in [0.1, 0.15) is 18.5 Å². The predicted octanol–water partition coefficient (Wildman–Crippen LogP) is 5.45. The van der Waals surface area contributed by atoms with Crippen LogP contribution < -0.4 is 5.32 Å². The van der Waals surface area contributed by atoms with Crippen LogP contribution in [0.15, 0.2) is 47.4 Å². The molecule has 0 spiro atoms. The molecule has 0 bridgehead atoms. The molecule has 0 radical (unpaired) electrons. The van der Waals surface area contributed by atoms with Crippen molar-refractivity contribution in [2.75, 3.05) is 5.32 Å². The summed E-state index contributed by atoms with van der Waals surface area (Å²) >= 11 is 0.446. The van der Waals surface area contributed by atoms with Gasteiger partial charge in [0.1, 0.15) is 11.6 Å². The smallest absolute Gasteiger partial charge is 0.288 e. The Morgan fingerprint density at radius 3 is 2.05 bits per heavy atom. The lowest BCUT2D eigenvalue weighted by Gasteiger charge is -2.17. The zero-order chi connectivity index (χ0) is 15.4. The molecule has 1 N–H and O–H groups in total. The highest BCUT2D eigenvalue weighted by molar-refractivity contribution is 7.99. The van der Waals surface area contributed by atoms with Crippen molar-refractivity contribution < 1.29 is 17.6 Å². The third kappa shape index (κ3) is 4.14. The standard InChI is InChI=1S/C15H13F4NS/c1-9(14-12(16)3-2-4-13(14)17)20-10-5-7-11(8-6-10)21-15(18)19/h2-9,15,20H,1H3. The van der Waals surface area contributed by atoms with E-state index in [1.807, 2.05) is 0 Å². The van der Waals surface area contributed by atoms with E-state index in [-0.39, 0.29) is 5.56 Å². The maximum absolute atomic E-state index is 13.6. The Bertz CT molecular complexity index is 581. The number of anilines is 1. The lowest BCUT2D eigenvalue weighted by molar-refractivity contribution is 0.252. The minimum Gasteiger partial charge on any atom is -0.378 e. The van der Waals surface area contributed by atoms with Crippen LogP contribution >= 0.6 is 11.8 Å². The monoisotopic (exact) mass is 315 g/mol. The van der Waals surface area contributed by atoms with Crippen molar-refractivity contribution in [2.24, 2.45) is 0 Å². The summed E-state index contributed by atoms with van der Waals surface area (Å²) in [6.07, 6.45) is 0. The number of halogens is 4. The number of hydrogen-bond donors (Lipinski definition) is 1. The van der Waals surface area contributed by atoms with Crippen molar-refractivity contribution in [3.8, 4) is 0 Å². The molecule has 21 heavy (non-hydrogen) atoms. The fourth-order valence-corrected chi connectivity index (χ4v) is 2.48. The van der Waals surface area contributed by atoms with E-state index < -0.39 is 23.4 Å². The van der Waals surface area contributed by atoms with Crippen LogP contribution in [-0.4, -0.2) is 5.76 Å². The average molecular weight is 315 g/mol. The van der Waals surface area contributed by atoms with Gasteiger partial charge < -0.3 is 5.32 Å². The summed E-state index contributed by atoms with van der Waals surface area (Å²) in [5.74, 6) is -3.73. The van der Waals surface area contributed by atoms with Crippen molar-refractivity contribution in [1.82, 2.24) is 0 Å². The molecule has 1 nitrogen and oxygen atoms in total. The number of nitrogens with one attached hydrogen (secondary N) is 1. The van der Waals surface area contributed by atoms with Crippen LogP contribution in [0.4, 0.5) is 23.2 Å². The zero-order valence-corrected chi connectivity index (χ0v) is 11.9. The summed E-state index contributed by atoms with van der Waals surface area (Å²) in [5, 5.41) is 2.94. The van der Waals surface area contributed by atoms with Gasteiger partial charge in [-0.2, -0.15) is 8.78 Å². The molecule has 2 aromatic rings. The highest BCUT2D eigenvalue weighted by Gasteiger charge is 2.15. The highest BCUT2D eigenvalue weighted by Crippen LogP contribution is 2.28. The van der Waals surface area contributed by atoms with Gasteiger partial charge in [-0.25, -0.2) is 8.78 Å². The zero-order valence-electron chi connectivity index (χ0n) is 11.1. The van der Waals surface area contributed by atoms with E-state index in [4.69, 9.17) is 0 Å². The average Bonchev–Trinajstić information content (AvgIpc) is 2.40. The molecule has 0 aliphatic carbocycles. The SMILES string of the molecule is CC(Nc1ccc(SC(F)F)cc1)c1c(F)cccc1F. The van der Waals surface area contributed by atoms with Crippen molar-refractivity contribution in [3.05, 3.63) is 59.7 Å². The van der Waals surface area contributed by atoms with Gasteiger partial charge in [0.15, 0.2) is 0 Å². The number of rotatable bonds is 5. The largest absolute Gasteiger partial charge is 0.378 e. The normalized spacial score (nSPS) is 12.5. The topological polar surface area (TPSA) is 12.0 Å². The molecule has 112 valence electrons. The molecule has 2 aromatic carbocycles. The molecule has 0 aliphatic rings. The minimum atomic E-state index is -2.48. The van der Waals surface area contributed by atoms with E-state index in [0.717, 1.165) is 0 Å². The summed E-state index contributed by atoms with van der Waals surface area (Å²) in [6, 6.07) is 9.36. The second kappa shape index (κ2) is 6.85. The molecule has 1 unspecified atom stereocenters. The summed E-state index contributed by atoms with van der Waals surface area (Å²) in [4.78, 5) is 0.431. The maximum atomic E-state index is 13.6. The Balaban J connectivity index is 2.11. The van der Waals surface area contributed by atoms with Crippen molar-refractivity contribution in [2.45, 2.75) is 23.6 Å². The second-order valence-electron chi connectivity index (χ2n) is 4.40. The van der Waals surface area contributed by atoms with E-state index in [0.29, 0.717) is 22.3 Å². The molecule has 0 saturated heterocycles. The minimum absolute atomic E-state index is 0.0523. The molecular formula is C15H13F4NS. The van der Waals surface area contributed by atoms with E-state index >= 15 is 0 Å². The maximum Gasteiger partial charge on any atom is 0.288 e. The lowest BCUT2D eigenvalue weighted by Crippen LogP contribution is -2.10. The van der Waals surface area contributed by atoms with Crippen LogP contribution in [0.5, 0.6) is 0 Å². The number of hydrogen-bond acceptors (Lipinski definition) is 2. The first-order chi connectivity index (χ1) is 9.97. The third-order valence-electron chi connectivity index (χ3n) is 2.90. The first-order valence-corrected chi connectivity index (χ1v) is 7.10. The Kier molecular flexibility index (Phi) is 5.12. The summed E-state index contributed by atoms with van der Waals surface area (Å²) < 4.78 is 51.7. The van der Waals surface area contributed by atoms with Crippen LogP contribution in [0.3, 0.4) is 0 Å². The van der Waals surface area contributed by atoms with Gasteiger partial charge in [0, 0.05) is 16.1 Å². The first-order valence-electron chi connectivity index (χ1n) is 6.22. The highest BCUT2D eigenvalue weighted by atomic mass is 32.2. The fraction of sp³-hybridized carbons (Fsp3) is 0.200. The van der Waals surface area contributed by atoms with E-state index in [2.05, 4.69) is 5.32 Å². The number of thioether (sulfide) groups is 1. The van der Waals surface area contributed by atoms with E-state index in [1.54, 1.807) is 19.1 Å². The van der Waals surface area contributed by atoms with Gasteiger partial charge in [-0.05, 0) is 43.3 Å². The molecule has 0 amide bonds. The van der Waals surface area contributed by atoms with E-state index in [1.165, 1.54) is 30.3 Å². The first kappa shape index (κ1) is 15.7. The van der Waals surface area contributed by atoms with Gasteiger partial charge in [-0.3, -0.25) is 0 Å². The number of benzene rings is 2. The molecule has 0 fully saturated rings. The van der Waals surface area contributed by atoms with Gasteiger partial charge in [-0.1, -0.05) is 17.8 Å².